The van der Waals surface area contributed by atoms with E-state index in [9.17, 15) is 18.0 Å². The van der Waals surface area contributed by atoms with Crippen LogP contribution in [-0.2, 0) is 15.7 Å². The fourth-order valence-corrected chi connectivity index (χ4v) is 1.66. The maximum Gasteiger partial charge on any atom is 0.416 e. The molecule has 3 nitrogen and oxygen atoms in total. The first-order chi connectivity index (χ1) is 8.90. The Hall–Kier alpha value is -1.56. The first-order valence-corrected chi connectivity index (χ1v) is 5.97. The minimum absolute atomic E-state index is 0.180. The molecule has 1 atom stereocenters. The molecule has 0 aliphatic rings. The van der Waals surface area contributed by atoms with Crippen LogP contribution < -0.4 is 5.32 Å². The fraction of sp³-hybridized carbons (Fsp3) is 0.462. The summed E-state index contributed by atoms with van der Waals surface area (Å²) in [6.45, 7) is 4.03. The zero-order valence-corrected chi connectivity index (χ0v) is 10.8. The molecule has 6 heteroatoms. The van der Waals surface area contributed by atoms with E-state index in [0.717, 1.165) is 12.1 Å². The highest BCUT2D eigenvalue weighted by Gasteiger charge is 2.31. The number of hydrogen-bond donors (Lipinski definition) is 1. The van der Waals surface area contributed by atoms with Crippen molar-refractivity contribution in [2.75, 3.05) is 13.2 Å². The van der Waals surface area contributed by atoms with Gasteiger partial charge in [0, 0.05) is 0 Å². The van der Waals surface area contributed by atoms with Gasteiger partial charge in [-0.25, -0.2) is 4.79 Å². The van der Waals surface area contributed by atoms with Crippen molar-refractivity contribution in [3.8, 4) is 0 Å². The molecule has 106 valence electrons. The molecule has 0 heterocycles. The number of esters is 1. The first kappa shape index (κ1) is 15.5. The number of hydrogen-bond acceptors (Lipinski definition) is 3. The summed E-state index contributed by atoms with van der Waals surface area (Å²) in [6.07, 6.45) is -4.43. The third-order valence-electron chi connectivity index (χ3n) is 2.48. The van der Waals surface area contributed by atoms with Crippen molar-refractivity contribution in [3.05, 3.63) is 35.4 Å². The van der Waals surface area contributed by atoms with Crippen LogP contribution in [0.3, 0.4) is 0 Å². The standard InChI is InChI=1S/C13H16F3NO2/c1-3-17-11(12(18)19-4-2)9-6-5-7-10(8-9)13(14,15)16/h5-8,11,17H,3-4H2,1-2H3. The highest BCUT2D eigenvalue weighted by atomic mass is 19.4. The monoisotopic (exact) mass is 275 g/mol. The number of carbonyl (C=O) groups is 1. The van der Waals surface area contributed by atoms with Gasteiger partial charge < -0.3 is 10.1 Å². The minimum atomic E-state index is -4.43. The third-order valence-corrected chi connectivity index (χ3v) is 2.48. The molecule has 0 saturated carbocycles. The molecule has 0 aromatic heterocycles. The maximum absolute atomic E-state index is 12.6. The smallest absolute Gasteiger partial charge is 0.416 e. The van der Waals surface area contributed by atoms with Gasteiger partial charge in [-0.15, -0.1) is 0 Å². The number of nitrogens with one attached hydrogen (secondary N) is 1. The molecular formula is C13H16F3NO2. The zero-order valence-electron chi connectivity index (χ0n) is 10.8. The average Bonchev–Trinajstić information content (AvgIpc) is 2.35. The molecule has 0 saturated heterocycles. The number of alkyl halides is 3. The first-order valence-electron chi connectivity index (χ1n) is 5.97. The summed E-state index contributed by atoms with van der Waals surface area (Å²) in [5, 5.41) is 2.82. The average molecular weight is 275 g/mol. The number of carbonyl (C=O) groups excluding carboxylic acids is 1. The lowest BCUT2D eigenvalue weighted by Crippen LogP contribution is -2.30. The van der Waals surface area contributed by atoms with Crippen molar-refractivity contribution in [1.29, 1.82) is 0 Å². The number of rotatable bonds is 5. The van der Waals surface area contributed by atoms with Crippen molar-refractivity contribution in [2.24, 2.45) is 0 Å². The minimum Gasteiger partial charge on any atom is -0.465 e. The Bertz CT molecular complexity index is 432. The molecule has 1 rings (SSSR count). The summed E-state index contributed by atoms with van der Waals surface area (Å²) in [7, 11) is 0. The predicted molar refractivity (Wildman–Crippen MR) is 64.5 cm³/mol. The Morgan fingerprint density at radius 3 is 2.58 bits per heavy atom. The van der Waals surface area contributed by atoms with Gasteiger partial charge >= 0.3 is 12.1 Å². The molecule has 0 bridgehead atoms. The normalized spacial score (nSPS) is 13.1. The molecule has 1 aromatic carbocycles. The molecule has 0 fully saturated rings. The zero-order chi connectivity index (χ0) is 14.5. The van der Waals surface area contributed by atoms with Crippen molar-refractivity contribution in [2.45, 2.75) is 26.1 Å². The second-order valence-corrected chi connectivity index (χ2v) is 3.87. The molecule has 1 unspecified atom stereocenters. The van der Waals surface area contributed by atoms with E-state index in [4.69, 9.17) is 4.74 Å². The molecule has 0 aliphatic heterocycles. The summed E-state index contributed by atoms with van der Waals surface area (Å²) in [4.78, 5) is 11.7. The second-order valence-electron chi connectivity index (χ2n) is 3.87. The van der Waals surface area contributed by atoms with E-state index in [1.54, 1.807) is 13.8 Å². The Balaban J connectivity index is 3.06. The lowest BCUT2D eigenvalue weighted by molar-refractivity contribution is -0.146. The van der Waals surface area contributed by atoms with E-state index >= 15 is 0 Å². The van der Waals surface area contributed by atoms with Crippen LogP contribution in [0, 0.1) is 0 Å². The van der Waals surface area contributed by atoms with Gasteiger partial charge in [0.2, 0.25) is 0 Å². The molecule has 1 aromatic rings. The van der Waals surface area contributed by atoms with Gasteiger partial charge in [-0.2, -0.15) is 13.2 Å². The van der Waals surface area contributed by atoms with Gasteiger partial charge in [0.25, 0.3) is 0 Å². The van der Waals surface area contributed by atoms with Crippen molar-refractivity contribution < 1.29 is 22.7 Å². The van der Waals surface area contributed by atoms with Gasteiger partial charge in [0.05, 0.1) is 12.2 Å². The quantitative estimate of drug-likeness (QED) is 0.840. The van der Waals surface area contributed by atoms with Crippen LogP contribution in [0.25, 0.3) is 0 Å². The summed E-state index contributed by atoms with van der Waals surface area (Å²) in [5.74, 6) is -0.580. The van der Waals surface area contributed by atoms with E-state index in [1.807, 2.05) is 0 Å². The summed E-state index contributed by atoms with van der Waals surface area (Å²) >= 11 is 0. The predicted octanol–water partition coefficient (Wildman–Crippen LogP) is 2.92. The molecule has 1 N–H and O–H groups in total. The van der Waals surface area contributed by atoms with E-state index in [-0.39, 0.29) is 12.2 Å². The molecule has 0 amide bonds. The molecule has 0 spiro atoms. The molecule has 0 radical (unpaired) electrons. The Morgan fingerprint density at radius 2 is 2.05 bits per heavy atom. The van der Waals surface area contributed by atoms with E-state index < -0.39 is 23.8 Å². The van der Waals surface area contributed by atoms with Gasteiger partial charge in [-0.05, 0) is 31.2 Å². The second kappa shape index (κ2) is 6.56. The van der Waals surface area contributed by atoms with Gasteiger partial charge in [-0.1, -0.05) is 19.1 Å². The SMILES string of the molecule is CCNC(C(=O)OCC)c1cccc(C(F)(F)F)c1. The summed E-state index contributed by atoms with van der Waals surface area (Å²) in [5.41, 5.74) is -0.535. The maximum atomic E-state index is 12.6. The number of ether oxygens (including phenoxy) is 1. The molecule has 0 aliphatic carbocycles. The Morgan fingerprint density at radius 1 is 1.37 bits per heavy atom. The van der Waals surface area contributed by atoms with Gasteiger partial charge in [0.15, 0.2) is 0 Å². The number of benzene rings is 1. The fourth-order valence-electron chi connectivity index (χ4n) is 1.66. The van der Waals surface area contributed by atoms with E-state index in [0.29, 0.717) is 6.54 Å². The van der Waals surface area contributed by atoms with Gasteiger partial charge in [0.1, 0.15) is 6.04 Å². The lowest BCUT2D eigenvalue weighted by Gasteiger charge is -2.18. The van der Waals surface area contributed by atoms with E-state index in [2.05, 4.69) is 5.32 Å². The van der Waals surface area contributed by atoms with Crippen LogP contribution in [0.5, 0.6) is 0 Å². The lowest BCUT2D eigenvalue weighted by atomic mass is 10.0. The summed E-state index contributed by atoms with van der Waals surface area (Å²) < 4.78 is 42.7. The van der Waals surface area contributed by atoms with Crippen molar-refractivity contribution in [3.63, 3.8) is 0 Å². The van der Waals surface area contributed by atoms with Crippen LogP contribution in [0.1, 0.15) is 31.0 Å². The highest BCUT2D eigenvalue weighted by Crippen LogP contribution is 2.30. The molecule has 19 heavy (non-hydrogen) atoms. The van der Waals surface area contributed by atoms with Crippen molar-refractivity contribution >= 4 is 5.97 Å². The topological polar surface area (TPSA) is 38.3 Å². The van der Waals surface area contributed by atoms with Gasteiger partial charge in [-0.3, -0.25) is 0 Å². The highest BCUT2D eigenvalue weighted by molar-refractivity contribution is 5.77. The Kier molecular flexibility index (Phi) is 5.35. The van der Waals surface area contributed by atoms with Crippen molar-refractivity contribution in [1.82, 2.24) is 5.32 Å². The van der Waals surface area contributed by atoms with Crippen LogP contribution in [0.4, 0.5) is 13.2 Å². The Labute approximate surface area is 109 Å². The van der Waals surface area contributed by atoms with Crippen LogP contribution in [0.2, 0.25) is 0 Å². The van der Waals surface area contributed by atoms with Crippen LogP contribution in [0.15, 0.2) is 24.3 Å². The summed E-state index contributed by atoms with van der Waals surface area (Å²) in [6, 6.07) is 3.80. The van der Waals surface area contributed by atoms with E-state index in [1.165, 1.54) is 12.1 Å². The number of likely N-dealkylation sites (N-methyl/N-ethyl adjacent to an activating group) is 1. The van der Waals surface area contributed by atoms with Crippen LogP contribution >= 0.6 is 0 Å². The van der Waals surface area contributed by atoms with Crippen LogP contribution in [-0.4, -0.2) is 19.1 Å². The largest absolute Gasteiger partial charge is 0.465 e. The number of halogens is 3. The molecular weight excluding hydrogens is 259 g/mol. The third kappa shape index (κ3) is 4.24.